The van der Waals surface area contributed by atoms with Crippen LogP contribution in [0.4, 0.5) is 5.69 Å². The van der Waals surface area contributed by atoms with Crippen LogP contribution in [0, 0.1) is 10.1 Å². The second kappa shape index (κ2) is 11.2. The Bertz CT molecular complexity index is 1550. The van der Waals surface area contributed by atoms with E-state index in [9.17, 15) is 10.1 Å². The quantitative estimate of drug-likeness (QED) is 0.159. The fourth-order valence-electron chi connectivity index (χ4n) is 3.92. The molecule has 0 aliphatic carbocycles. The molecule has 5 rings (SSSR count). The summed E-state index contributed by atoms with van der Waals surface area (Å²) < 4.78 is 12.3. The first-order valence-electron chi connectivity index (χ1n) is 11.9. The van der Waals surface area contributed by atoms with Crippen LogP contribution < -0.4 is 9.47 Å². The fourth-order valence-corrected chi connectivity index (χ4v) is 3.92. The largest absolute Gasteiger partial charge is 0.485 e. The summed E-state index contributed by atoms with van der Waals surface area (Å²) in [7, 11) is 0. The van der Waals surface area contributed by atoms with E-state index in [0.717, 1.165) is 16.7 Å². The Labute approximate surface area is 214 Å². The molecule has 37 heavy (non-hydrogen) atoms. The minimum absolute atomic E-state index is 0.0480. The van der Waals surface area contributed by atoms with Crippen molar-refractivity contribution in [3.05, 3.63) is 142 Å². The maximum Gasteiger partial charge on any atom is 0.278 e. The Hall–Kier alpha value is -4.97. The van der Waals surface area contributed by atoms with Gasteiger partial charge in [0, 0.05) is 6.07 Å². The van der Waals surface area contributed by atoms with Crippen LogP contribution in [0.5, 0.6) is 11.5 Å². The molecule has 0 fully saturated rings. The molecule has 0 radical (unpaired) electrons. The van der Waals surface area contributed by atoms with E-state index >= 15 is 0 Å². The number of nitro benzene ring substituents is 1. The molecule has 0 bridgehead atoms. The van der Waals surface area contributed by atoms with Gasteiger partial charge in [0.1, 0.15) is 13.2 Å². The molecule has 0 unspecified atom stereocenters. The molecule has 182 valence electrons. The van der Waals surface area contributed by atoms with Crippen LogP contribution in [0.3, 0.4) is 0 Å². The summed E-state index contributed by atoms with van der Waals surface area (Å²) in [6.45, 7) is 0.853. The molecule has 0 saturated carbocycles. The lowest BCUT2D eigenvalue weighted by atomic mass is 10.1. The number of hydrogen-bond donors (Lipinski definition) is 0. The molecule has 0 spiro atoms. The minimum atomic E-state index is -0.391. The van der Waals surface area contributed by atoms with Crippen molar-refractivity contribution in [2.24, 2.45) is 0 Å². The van der Waals surface area contributed by atoms with Gasteiger partial charge in [0.15, 0.2) is 11.5 Å². The van der Waals surface area contributed by atoms with Gasteiger partial charge in [-0.2, -0.15) is 0 Å². The lowest BCUT2D eigenvalue weighted by Gasteiger charge is -2.14. The number of non-ortho nitro benzene ring substituents is 1. The number of benzene rings is 4. The Morgan fingerprint density at radius 2 is 1.38 bits per heavy atom. The molecule has 5 aromatic rings. The van der Waals surface area contributed by atoms with Crippen molar-refractivity contribution < 1.29 is 14.4 Å². The standard InChI is InChI=1S/C31H24N2O4/c34-33(35)29-13-7-12-28-27(29)18-17-26(32-28)16-14-23-15-19-30(36-21-24-8-3-1-4-9-24)31(20-23)37-22-25-10-5-2-6-11-25/h1-20H,21-22H2. The Kier molecular flexibility index (Phi) is 7.18. The minimum Gasteiger partial charge on any atom is -0.485 e. The molecular formula is C31H24N2O4. The summed E-state index contributed by atoms with van der Waals surface area (Å²) in [6, 6.07) is 34.2. The Morgan fingerprint density at radius 3 is 2.05 bits per heavy atom. The summed E-state index contributed by atoms with van der Waals surface area (Å²) in [6.07, 6.45) is 3.81. The van der Waals surface area contributed by atoms with E-state index in [1.807, 2.05) is 91.0 Å². The maximum atomic E-state index is 11.3. The zero-order valence-electron chi connectivity index (χ0n) is 20.0. The highest BCUT2D eigenvalue weighted by Gasteiger charge is 2.12. The lowest BCUT2D eigenvalue weighted by Crippen LogP contribution is -2.01. The number of nitro groups is 1. The normalized spacial score (nSPS) is 11.0. The second-order valence-corrected chi connectivity index (χ2v) is 8.43. The zero-order chi connectivity index (χ0) is 25.5. The predicted octanol–water partition coefficient (Wildman–Crippen LogP) is 7.47. The van der Waals surface area contributed by atoms with Gasteiger partial charge in [0.05, 0.1) is 21.5 Å². The molecule has 0 aliphatic heterocycles. The molecule has 6 heteroatoms. The van der Waals surface area contributed by atoms with E-state index in [0.29, 0.717) is 41.3 Å². The van der Waals surface area contributed by atoms with Gasteiger partial charge in [-0.25, -0.2) is 4.98 Å². The molecule has 0 atom stereocenters. The van der Waals surface area contributed by atoms with Crippen LogP contribution >= 0.6 is 0 Å². The van der Waals surface area contributed by atoms with Crippen molar-refractivity contribution >= 4 is 28.7 Å². The average Bonchev–Trinajstić information content (AvgIpc) is 2.95. The van der Waals surface area contributed by atoms with Gasteiger partial charge < -0.3 is 9.47 Å². The second-order valence-electron chi connectivity index (χ2n) is 8.43. The van der Waals surface area contributed by atoms with Crippen molar-refractivity contribution in [1.29, 1.82) is 0 Å². The van der Waals surface area contributed by atoms with E-state index in [2.05, 4.69) is 4.98 Å². The molecule has 6 nitrogen and oxygen atoms in total. The third-order valence-corrected chi connectivity index (χ3v) is 5.82. The van der Waals surface area contributed by atoms with Crippen molar-refractivity contribution in [2.45, 2.75) is 13.2 Å². The highest BCUT2D eigenvalue weighted by atomic mass is 16.6. The van der Waals surface area contributed by atoms with Gasteiger partial charge in [-0.05, 0) is 53.1 Å². The summed E-state index contributed by atoms with van der Waals surface area (Å²) in [5.74, 6) is 1.30. The summed E-state index contributed by atoms with van der Waals surface area (Å²) in [5, 5.41) is 11.8. The average molecular weight is 489 g/mol. The predicted molar refractivity (Wildman–Crippen MR) is 145 cm³/mol. The highest BCUT2D eigenvalue weighted by molar-refractivity contribution is 5.89. The van der Waals surface area contributed by atoms with Crippen molar-refractivity contribution in [3.63, 3.8) is 0 Å². The number of ether oxygens (including phenoxy) is 2. The zero-order valence-corrected chi connectivity index (χ0v) is 20.0. The van der Waals surface area contributed by atoms with Crippen LogP contribution in [-0.2, 0) is 13.2 Å². The van der Waals surface area contributed by atoms with E-state index in [1.54, 1.807) is 24.3 Å². The van der Waals surface area contributed by atoms with Crippen LogP contribution in [0.15, 0.2) is 109 Å². The molecule has 0 aliphatic rings. The van der Waals surface area contributed by atoms with Crippen LogP contribution in [0.25, 0.3) is 23.1 Å². The van der Waals surface area contributed by atoms with Gasteiger partial charge >= 0.3 is 0 Å². The summed E-state index contributed by atoms with van der Waals surface area (Å²) in [4.78, 5) is 15.5. The molecule has 4 aromatic carbocycles. The first-order valence-corrected chi connectivity index (χ1v) is 11.9. The van der Waals surface area contributed by atoms with Crippen molar-refractivity contribution in [1.82, 2.24) is 4.98 Å². The molecule has 0 N–H and O–H groups in total. The monoisotopic (exact) mass is 488 g/mol. The molecule has 1 aromatic heterocycles. The van der Waals surface area contributed by atoms with Crippen LogP contribution in [-0.4, -0.2) is 9.91 Å². The van der Waals surface area contributed by atoms with Crippen molar-refractivity contribution in [3.8, 4) is 11.5 Å². The molecular weight excluding hydrogens is 464 g/mol. The Morgan fingerprint density at radius 1 is 0.703 bits per heavy atom. The number of rotatable bonds is 9. The number of nitrogens with zero attached hydrogens (tertiary/aromatic N) is 2. The molecule has 0 amide bonds. The van der Waals surface area contributed by atoms with Crippen LogP contribution in [0.1, 0.15) is 22.4 Å². The van der Waals surface area contributed by atoms with Gasteiger partial charge in [-0.1, -0.05) is 78.9 Å². The third-order valence-electron chi connectivity index (χ3n) is 5.82. The van der Waals surface area contributed by atoms with E-state index in [4.69, 9.17) is 9.47 Å². The molecule has 0 saturated heterocycles. The fraction of sp³-hybridized carbons (Fsp3) is 0.0645. The van der Waals surface area contributed by atoms with Gasteiger partial charge in [0.2, 0.25) is 0 Å². The topological polar surface area (TPSA) is 74.5 Å². The van der Waals surface area contributed by atoms with Gasteiger partial charge in [-0.3, -0.25) is 10.1 Å². The first-order chi connectivity index (χ1) is 18.2. The van der Waals surface area contributed by atoms with Gasteiger partial charge in [0.25, 0.3) is 5.69 Å². The lowest BCUT2D eigenvalue weighted by molar-refractivity contribution is -0.383. The SMILES string of the molecule is O=[N+]([O-])c1cccc2nc(C=Cc3ccc(OCc4ccccc4)c(OCc4ccccc4)c3)ccc12. The highest BCUT2D eigenvalue weighted by Crippen LogP contribution is 2.31. The number of hydrogen-bond acceptors (Lipinski definition) is 5. The summed E-state index contributed by atoms with van der Waals surface area (Å²) in [5.41, 5.74) is 4.37. The van der Waals surface area contributed by atoms with Crippen molar-refractivity contribution in [2.75, 3.05) is 0 Å². The van der Waals surface area contributed by atoms with Gasteiger partial charge in [-0.15, -0.1) is 0 Å². The smallest absolute Gasteiger partial charge is 0.278 e. The Balaban J connectivity index is 1.38. The van der Waals surface area contributed by atoms with E-state index in [1.165, 1.54) is 6.07 Å². The third kappa shape index (κ3) is 6.00. The van der Waals surface area contributed by atoms with E-state index in [-0.39, 0.29) is 5.69 Å². The van der Waals surface area contributed by atoms with Crippen LogP contribution in [0.2, 0.25) is 0 Å². The number of fused-ring (bicyclic) bond motifs is 1. The maximum absolute atomic E-state index is 11.3. The summed E-state index contributed by atoms with van der Waals surface area (Å²) >= 11 is 0. The van der Waals surface area contributed by atoms with E-state index < -0.39 is 4.92 Å². The number of aromatic nitrogens is 1. The number of pyridine rings is 1. The first kappa shape index (κ1) is 23.8. The molecule has 1 heterocycles.